The number of rotatable bonds is 5. The predicted molar refractivity (Wildman–Crippen MR) is 88.1 cm³/mol. The number of hydrogen-bond acceptors (Lipinski definition) is 4. The summed E-state index contributed by atoms with van der Waals surface area (Å²) in [5.74, 6) is 0. The van der Waals surface area contributed by atoms with Crippen molar-refractivity contribution in [2.24, 2.45) is 7.05 Å². The van der Waals surface area contributed by atoms with Crippen molar-refractivity contribution in [1.82, 2.24) is 25.4 Å². The van der Waals surface area contributed by atoms with Crippen molar-refractivity contribution >= 4 is 17.4 Å². The predicted octanol–water partition coefficient (Wildman–Crippen LogP) is 2.23. The number of hydrogen-bond donors (Lipinski definition) is 2. The van der Waals surface area contributed by atoms with Crippen LogP contribution in [0, 0.1) is 20.8 Å². The molecule has 2 N–H and O–H groups in total. The molecule has 120 valence electrons. The number of nitrogens with one attached hydrogen (secondary N) is 2. The highest BCUT2D eigenvalue weighted by Gasteiger charge is 2.14. The first-order valence-corrected chi connectivity index (χ1v) is 8.13. The van der Waals surface area contributed by atoms with Gasteiger partial charge in [-0.1, -0.05) is 0 Å². The van der Waals surface area contributed by atoms with Gasteiger partial charge < -0.3 is 10.6 Å². The first kappa shape index (κ1) is 16.5. The minimum atomic E-state index is -0.155. The van der Waals surface area contributed by atoms with Crippen molar-refractivity contribution in [2.75, 3.05) is 0 Å². The van der Waals surface area contributed by atoms with Gasteiger partial charge in [0, 0.05) is 29.9 Å². The van der Waals surface area contributed by atoms with E-state index in [-0.39, 0.29) is 12.1 Å². The zero-order valence-electron chi connectivity index (χ0n) is 13.7. The Balaban J connectivity index is 1.83. The molecule has 22 heavy (non-hydrogen) atoms. The minimum absolute atomic E-state index is 0.0461. The Kier molecular flexibility index (Phi) is 5.18. The molecule has 2 amide bonds. The molecule has 0 fully saturated rings. The van der Waals surface area contributed by atoms with Gasteiger partial charge in [0.15, 0.2) is 0 Å². The lowest BCUT2D eigenvalue weighted by molar-refractivity contribution is 0.237. The number of aromatic nitrogens is 3. The van der Waals surface area contributed by atoms with E-state index in [9.17, 15) is 4.79 Å². The van der Waals surface area contributed by atoms with Crippen LogP contribution in [-0.2, 0) is 20.0 Å². The highest BCUT2D eigenvalue weighted by atomic mass is 32.1. The largest absolute Gasteiger partial charge is 0.335 e. The van der Waals surface area contributed by atoms with E-state index in [4.69, 9.17) is 0 Å². The van der Waals surface area contributed by atoms with Gasteiger partial charge in [0.2, 0.25) is 0 Å². The number of carbonyl (C=O) groups excluding carboxylic acids is 1. The topological polar surface area (TPSA) is 71.8 Å². The number of amides is 2. The van der Waals surface area contributed by atoms with E-state index in [0.29, 0.717) is 6.54 Å². The number of nitrogens with zero attached hydrogens (tertiary/aromatic N) is 3. The zero-order chi connectivity index (χ0) is 16.3. The highest BCUT2D eigenvalue weighted by molar-refractivity contribution is 7.11. The fourth-order valence-electron chi connectivity index (χ4n) is 2.40. The number of carbonyl (C=O) groups is 1. The fraction of sp³-hybridized carbons (Fsp3) is 0.533. The normalized spacial score (nSPS) is 12.2. The van der Waals surface area contributed by atoms with Crippen LogP contribution < -0.4 is 10.6 Å². The molecule has 2 aromatic heterocycles. The summed E-state index contributed by atoms with van der Waals surface area (Å²) in [7, 11) is 1.94. The van der Waals surface area contributed by atoms with E-state index < -0.39 is 0 Å². The molecular weight excluding hydrogens is 298 g/mol. The molecule has 0 aliphatic rings. The van der Waals surface area contributed by atoms with Gasteiger partial charge in [-0.25, -0.2) is 9.78 Å². The summed E-state index contributed by atoms with van der Waals surface area (Å²) in [6, 6.07) is -0.109. The highest BCUT2D eigenvalue weighted by Crippen LogP contribution is 2.14. The summed E-state index contributed by atoms with van der Waals surface area (Å²) < 4.78 is 1.88. The molecular formula is C15H23N5OS. The molecule has 1 unspecified atom stereocenters. The minimum Gasteiger partial charge on any atom is -0.335 e. The van der Waals surface area contributed by atoms with Crippen LogP contribution in [0.15, 0.2) is 6.20 Å². The molecule has 2 heterocycles. The Morgan fingerprint density at radius 2 is 2.14 bits per heavy atom. The second kappa shape index (κ2) is 6.91. The molecule has 6 nitrogen and oxygen atoms in total. The van der Waals surface area contributed by atoms with Gasteiger partial charge in [-0.2, -0.15) is 5.10 Å². The first-order valence-electron chi connectivity index (χ1n) is 7.31. The monoisotopic (exact) mass is 321 g/mol. The smallest absolute Gasteiger partial charge is 0.315 e. The van der Waals surface area contributed by atoms with E-state index in [1.54, 1.807) is 17.5 Å². The Labute approximate surface area is 135 Å². The molecule has 0 aliphatic heterocycles. The van der Waals surface area contributed by atoms with Gasteiger partial charge in [-0.3, -0.25) is 4.68 Å². The summed E-state index contributed by atoms with van der Waals surface area (Å²) in [4.78, 5) is 17.2. The maximum absolute atomic E-state index is 11.9. The van der Waals surface area contributed by atoms with Gasteiger partial charge >= 0.3 is 6.03 Å². The van der Waals surface area contributed by atoms with Gasteiger partial charge in [0.1, 0.15) is 0 Å². The molecule has 1 atom stereocenters. The lowest BCUT2D eigenvalue weighted by Crippen LogP contribution is -2.41. The van der Waals surface area contributed by atoms with Crippen LogP contribution in [-0.4, -0.2) is 26.8 Å². The maximum Gasteiger partial charge on any atom is 0.315 e. The lowest BCUT2D eigenvalue weighted by Gasteiger charge is -2.14. The molecule has 0 radical (unpaired) electrons. The molecule has 0 saturated carbocycles. The molecule has 0 saturated heterocycles. The summed E-state index contributed by atoms with van der Waals surface area (Å²) in [5, 5.41) is 11.2. The third kappa shape index (κ3) is 4.07. The van der Waals surface area contributed by atoms with Crippen LogP contribution in [0.25, 0.3) is 0 Å². The number of urea groups is 1. The molecule has 7 heteroatoms. The molecule has 0 aromatic carbocycles. The van der Waals surface area contributed by atoms with Crippen molar-refractivity contribution in [1.29, 1.82) is 0 Å². The van der Waals surface area contributed by atoms with E-state index in [2.05, 4.69) is 20.7 Å². The lowest BCUT2D eigenvalue weighted by atomic mass is 10.1. The van der Waals surface area contributed by atoms with Crippen LogP contribution in [0.2, 0.25) is 0 Å². The van der Waals surface area contributed by atoms with E-state index in [0.717, 1.165) is 27.7 Å². The van der Waals surface area contributed by atoms with Gasteiger partial charge in [0.05, 0.1) is 17.2 Å². The summed E-state index contributed by atoms with van der Waals surface area (Å²) in [6.07, 6.45) is 2.57. The number of thiazole rings is 1. The number of aryl methyl sites for hydroxylation is 3. The van der Waals surface area contributed by atoms with E-state index in [1.165, 1.54) is 5.56 Å². The van der Waals surface area contributed by atoms with Crippen LogP contribution >= 0.6 is 11.3 Å². The summed E-state index contributed by atoms with van der Waals surface area (Å²) >= 11 is 1.59. The molecule has 0 aliphatic carbocycles. The van der Waals surface area contributed by atoms with E-state index >= 15 is 0 Å². The molecule has 0 bridgehead atoms. The Bertz CT molecular complexity index is 661. The molecule has 2 aromatic rings. The van der Waals surface area contributed by atoms with Crippen LogP contribution in [0.1, 0.15) is 33.8 Å². The second-order valence-electron chi connectivity index (χ2n) is 5.55. The van der Waals surface area contributed by atoms with Crippen LogP contribution in [0.4, 0.5) is 4.79 Å². The fourth-order valence-corrected chi connectivity index (χ4v) is 3.13. The Hall–Kier alpha value is -1.89. The maximum atomic E-state index is 11.9. The average molecular weight is 321 g/mol. The summed E-state index contributed by atoms with van der Waals surface area (Å²) in [5.41, 5.74) is 3.37. The third-order valence-corrected chi connectivity index (χ3v) is 4.55. The standard InChI is InChI=1S/C15H23N5OS/c1-9(6-14-10(2)19-20(5)11(14)3)18-15(21)17-8-13-7-16-12(4)22-13/h7,9H,6,8H2,1-5H3,(H2,17,18,21). The van der Waals surface area contributed by atoms with Gasteiger partial charge in [-0.05, 0) is 39.7 Å². The Morgan fingerprint density at radius 3 is 2.68 bits per heavy atom. The quantitative estimate of drug-likeness (QED) is 0.887. The van der Waals surface area contributed by atoms with Crippen LogP contribution in [0.5, 0.6) is 0 Å². The first-order chi connectivity index (χ1) is 10.4. The second-order valence-corrected chi connectivity index (χ2v) is 6.87. The van der Waals surface area contributed by atoms with Gasteiger partial charge in [-0.15, -0.1) is 11.3 Å². The molecule has 0 spiro atoms. The van der Waals surface area contributed by atoms with Gasteiger partial charge in [0.25, 0.3) is 0 Å². The summed E-state index contributed by atoms with van der Waals surface area (Å²) in [6.45, 7) is 8.52. The third-order valence-electron chi connectivity index (χ3n) is 3.64. The van der Waals surface area contributed by atoms with Crippen molar-refractivity contribution < 1.29 is 4.79 Å². The zero-order valence-corrected chi connectivity index (χ0v) is 14.5. The van der Waals surface area contributed by atoms with Crippen molar-refractivity contribution in [3.05, 3.63) is 33.0 Å². The van der Waals surface area contributed by atoms with Crippen LogP contribution in [0.3, 0.4) is 0 Å². The Morgan fingerprint density at radius 1 is 1.41 bits per heavy atom. The average Bonchev–Trinajstić information content (AvgIpc) is 2.96. The van der Waals surface area contributed by atoms with E-state index in [1.807, 2.05) is 39.4 Å². The van der Waals surface area contributed by atoms with Crippen molar-refractivity contribution in [2.45, 2.75) is 46.7 Å². The van der Waals surface area contributed by atoms with Crippen molar-refractivity contribution in [3.8, 4) is 0 Å². The molecule has 2 rings (SSSR count). The van der Waals surface area contributed by atoms with Crippen molar-refractivity contribution in [3.63, 3.8) is 0 Å². The SMILES string of the molecule is Cc1ncc(CNC(=O)NC(C)Cc2c(C)nn(C)c2C)s1.